The Bertz CT molecular complexity index is 1470. The van der Waals surface area contributed by atoms with Crippen molar-refractivity contribution in [3.8, 4) is 5.75 Å². The molecule has 9 nitrogen and oxygen atoms in total. The Morgan fingerprint density at radius 3 is 2.47 bits per heavy atom. The van der Waals surface area contributed by atoms with Crippen molar-refractivity contribution in [1.29, 1.82) is 0 Å². The molecule has 1 amide bonds. The molecule has 0 fully saturated rings. The molecule has 2 heterocycles. The molecular weight excluding hydrogens is 478 g/mol. The van der Waals surface area contributed by atoms with Crippen LogP contribution in [0.3, 0.4) is 0 Å². The highest BCUT2D eigenvalue weighted by atomic mass is 32.2. The van der Waals surface area contributed by atoms with Crippen LogP contribution in [0.2, 0.25) is 0 Å². The minimum Gasteiger partial charge on any atom is -0.497 e. The van der Waals surface area contributed by atoms with Crippen molar-refractivity contribution in [2.24, 2.45) is 5.92 Å². The topological polar surface area (TPSA) is 108 Å². The number of aromatic nitrogens is 4. The van der Waals surface area contributed by atoms with E-state index in [-0.39, 0.29) is 23.0 Å². The number of hydrogen-bond donors (Lipinski definition) is 1. The molecule has 4 rings (SSSR count). The average Bonchev–Trinajstić information content (AvgIpc) is 3.32. The maximum absolute atomic E-state index is 13.3. The van der Waals surface area contributed by atoms with Crippen molar-refractivity contribution in [3.63, 3.8) is 0 Å². The van der Waals surface area contributed by atoms with Gasteiger partial charge in [0.15, 0.2) is 10.9 Å². The van der Waals surface area contributed by atoms with Gasteiger partial charge in [0.1, 0.15) is 5.75 Å². The van der Waals surface area contributed by atoms with Gasteiger partial charge >= 0.3 is 0 Å². The lowest BCUT2D eigenvalue weighted by molar-refractivity contribution is 0.0948. The van der Waals surface area contributed by atoms with Gasteiger partial charge in [-0.25, -0.2) is 0 Å². The van der Waals surface area contributed by atoms with E-state index in [1.54, 1.807) is 58.5 Å². The van der Waals surface area contributed by atoms with Crippen molar-refractivity contribution < 1.29 is 14.3 Å². The van der Waals surface area contributed by atoms with E-state index in [4.69, 9.17) is 4.74 Å². The molecule has 0 atom stereocenters. The summed E-state index contributed by atoms with van der Waals surface area (Å²) in [6.45, 7) is 7.05. The Hall–Kier alpha value is -3.66. The standard InChI is InChI=1S/C26H29N5O4S/c1-5-12-30-24(34)20-11-8-18(23(33)27-14-16(2)3)13-21(20)31-25(30)28-29-26(31)36-15-22(32)17-6-9-19(35-4)10-7-17/h6-11,13,16H,5,12,14-15H2,1-4H3,(H,27,33). The first-order valence-electron chi connectivity index (χ1n) is 11.8. The minimum atomic E-state index is -0.214. The molecule has 0 unspecified atom stereocenters. The number of aryl methyl sites for hydroxylation is 1. The first-order chi connectivity index (χ1) is 17.3. The summed E-state index contributed by atoms with van der Waals surface area (Å²) in [6, 6.07) is 11.9. The highest BCUT2D eigenvalue weighted by Gasteiger charge is 2.19. The van der Waals surface area contributed by atoms with E-state index in [0.717, 1.165) is 6.42 Å². The van der Waals surface area contributed by atoms with Crippen molar-refractivity contribution in [2.45, 2.75) is 38.9 Å². The number of nitrogens with one attached hydrogen (secondary N) is 1. The Kier molecular flexibility index (Phi) is 7.73. The van der Waals surface area contributed by atoms with Crippen molar-refractivity contribution >= 4 is 40.1 Å². The molecule has 0 saturated carbocycles. The summed E-state index contributed by atoms with van der Waals surface area (Å²) in [5.74, 6) is 1.22. The molecule has 0 aliphatic heterocycles. The van der Waals surface area contributed by atoms with E-state index >= 15 is 0 Å². The zero-order valence-electron chi connectivity index (χ0n) is 20.8. The van der Waals surface area contributed by atoms with Crippen LogP contribution in [0, 0.1) is 5.92 Å². The molecule has 4 aromatic rings. The van der Waals surface area contributed by atoms with Crippen LogP contribution < -0.4 is 15.6 Å². The molecule has 2 aromatic carbocycles. The van der Waals surface area contributed by atoms with Gasteiger partial charge in [-0.1, -0.05) is 32.5 Å². The largest absolute Gasteiger partial charge is 0.497 e. The fraction of sp³-hybridized carbons (Fsp3) is 0.346. The van der Waals surface area contributed by atoms with Crippen LogP contribution in [-0.4, -0.2) is 50.3 Å². The molecule has 36 heavy (non-hydrogen) atoms. The lowest BCUT2D eigenvalue weighted by atomic mass is 10.1. The Labute approximate surface area is 212 Å². The summed E-state index contributed by atoms with van der Waals surface area (Å²) in [6.07, 6.45) is 0.738. The van der Waals surface area contributed by atoms with Gasteiger partial charge < -0.3 is 10.1 Å². The van der Waals surface area contributed by atoms with Crippen LogP contribution >= 0.6 is 11.8 Å². The zero-order chi connectivity index (χ0) is 25.8. The Balaban J connectivity index is 1.74. The van der Waals surface area contributed by atoms with E-state index in [1.807, 2.05) is 20.8 Å². The summed E-state index contributed by atoms with van der Waals surface area (Å²) in [7, 11) is 1.57. The van der Waals surface area contributed by atoms with Crippen molar-refractivity contribution in [1.82, 2.24) is 24.5 Å². The fourth-order valence-electron chi connectivity index (χ4n) is 3.83. The quantitative estimate of drug-likeness (QED) is 0.257. The number of rotatable bonds is 10. The highest BCUT2D eigenvalue weighted by Crippen LogP contribution is 2.24. The third-order valence-electron chi connectivity index (χ3n) is 5.70. The van der Waals surface area contributed by atoms with Crippen LogP contribution in [0.5, 0.6) is 5.75 Å². The number of methoxy groups -OCH3 is 1. The minimum absolute atomic E-state index is 0.0701. The molecule has 2 aromatic heterocycles. The second-order valence-electron chi connectivity index (χ2n) is 8.85. The number of amides is 1. The van der Waals surface area contributed by atoms with Crippen LogP contribution in [0.1, 0.15) is 47.9 Å². The summed E-state index contributed by atoms with van der Waals surface area (Å²) >= 11 is 1.24. The molecule has 188 valence electrons. The summed E-state index contributed by atoms with van der Waals surface area (Å²) in [4.78, 5) is 38.8. The molecule has 0 radical (unpaired) electrons. The number of carbonyl (C=O) groups excluding carboxylic acids is 2. The molecule has 0 aliphatic rings. The van der Waals surface area contributed by atoms with Crippen molar-refractivity contribution in [3.05, 3.63) is 63.9 Å². The number of nitrogens with zero attached hydrogens (tertiary/aromatic N) is 4. The first-order valence-corrected chi connectivity index (χ1v) is 12.8. The number of fused-ring (bicyclic) bond motifs is 3. The Morgan fingerprint density at radius 2 is 1.81 bits per heavy atom. The number of benzene rings is 2. The molecule has 0 bridgehead atoms. The fourth-order valence-corrected chi connectivity index (χ4v) is 4.67. The molecular formula is C26H29N5O4S. The zero-order valence-corrected chi connectivity index (χ0v) is 21.6. The van der Waals surface area contributed by atoms with E-state index in [2.05, 4.69) is 15.5 Å². The monoisotopic (exact) mass is 507 g/mol. The SMILES string of the molecule is CCCn1c(=O)c2ccc(C(=O)NCC(C)C)cc2n2c(SCC(=O)c3ccc(OC)cc3)nnc12. The van der Waals surface area contributed by atoms with E-state index in [9.17, 15) is 14.4 Å². The first kappa shape index (κ1) is 25.4. The van der Waals surface area contributed by atoms with Crippen LogP contribution in [-0.2, 0) is 6.54 Å². The third kappa shape index (κ3) is 5.13. The van der Waals surface area contributed by atoms with Crippen LogP contribution in [0.25, 0.3) is 16.7 Å². The van der Waals surface area contributed by atoms with Gasteiger partial charge in [-0.3, -0.25) is 23.4 Å². The smallest absolute Gasteiger partial charge is 0.262 e. The number of carbonyl (C=O) groups is 2. The predicted molar refractivity (Wildman–Crippen MR) is 140 cm³/mol. The maximum Gasteiger partial charge on any atom is 0.262 e. The summed E-state index contributed by atoms with van der Waals surface area (Å²) < 4.78 is 8.50. The van der Waals surface area contributed by atoms with Crippen LogP contribution in [0.15, 0.2) is 52.4 Å². The predicted octanol–water partition coefficient (Wildman–Crippen LogP) is 3.82. The van der Waals surface area contributed by atoms with Gasteiger partial charge in [0.05, 0.1) is 23.8 Å². The normalized spacial score (nSPS) is 11.4. The molecule has 10 heteroatoms. The molecule has 0 spiro atoms. The average molecular weight is 508 g/mol. The number of hydrogen-bond acceptors (Lipinski definition) is 7. The van der Waals surface area contributed by atoms with Crippen LogP contribution in [0.4, 0.5) is 0 Å². The van der Waals surface area contributed by atoms with Gasteiger partial charge in [0.25, 0.3) is 11.5 Å². The second kappa shape index (κ2) is 10.9. The summed E-state index contributed by atoms with van der Waals surface area (Å²) in [5.41, 5.74) is 1.35. The number of ketones is 1. The van der Waals surface area contributed by atoms with Gasteiger partial charge in [0, 0.05) is 24.2 Å². The molecule has 0 saturated heterocycles. The van der Waals surface area contributed by atoms with Gasteiger partial charge in [-0.2, -0.15) is 0 Å². The Morgan fingerprint density at radius 1 is 1.08 bits per heavy atom. The number of ether oxygens (including phenoxy) is 1. The van der Waals surface area contributed by atoms with Gasteiger partial charge in [-0.15, -0.1) is 10.2 Å². The lowest BCUT2D eigenvalue weighted by Gasteiger charge is -2.12. The number of thioether (sulfide) groups is 1. The number of Topliss-reactive ketones (excluding diaryl/α,β-unsaturated/α-hetero) is 1. The van der Waals surface area contributed by atoms with Gasteiger partial charge in [0.2, 0.25) is 5.78 Å². The van der Waals surface area contributed by atoms with E-state index in [0.29, 0.717) is 57.7 Å². The lowest BCUT2D eigenvalue weighted by Crippen LogP contribution is -2.28. The van der Waals surface area contributed by atoms with E-state index < -0.39 is 0 Å². The molecule has 0 aliphatic carbocycles. The third-order valence-corrected chi connectivity index (χ3v) is 6.63. The van der Waals surface area contributed by atoms with Crippen molar-refractivity contribution in [2.75, 3.05) is 19.4 Å². The van der Waals surface area contributed by atoms with Gasteiger partial charge in [-0.05, 0) is 54.8 Å². The van der Waals surface area contributed by atoms with E-state index in [1.165, 1.54) is 11.8 Å². The molecule has 1 N–H and O–H groups in total. The maximum atomic E-state index is 13.3. The highest BCUT2D eigenvalue weighted by molar-refractivity contribution is 7.99. The summed E-state index contributed by atoms with van der Waals surface area (Å²) in [5, 5.41) is 12.4. The second-order valence-corrected chi connectivity index (χ2v) is 9.79.